The Balaban J connectivity index is 1.64. The van der Waals surface area contributed by atoms with E-state index < -0.39 is 11.9 Å². The van der Waals surface area contributed by atoms with Gasteiger partial charge in [0, 0.05) is 13.6 Å². The molecule has 0 saturated carbocycles. The second-order valence-electron chi connectivity index (χ2n) is 7.20. The van der Waals surface area contributed by atoms with E-state index in [1.54, 1.807) is 30.3 Å². The molecule has 4 rings (SSSR count). The smallest absolute Gasteiger partial charge is 0.363 e. The zero-order chi connectivity index (χ0) is 24.4. The van der Waals surface area contributed by atoms with E-state index in [-0.39, 0.29) is 11.6 Å². The van der Waals surface area contributed by atoms with Crippen LogP contribution in [0.25, 0.3) is 6.08 Å². The van der Waals surface area contributed by atoms with E-state index in [1.807, 2.05) is 37.3 Å². The molecule has 0 radical (unpaired) electrons. The highest BCUT2D eigenvalue weighted by molar-refractivity contribution is 14.1. The number of cyclic esters (lactones) is 1. The molecule has 0 saturated heterocycles. The summed E-state index contributed by atoms with van der Waals surface area (Å²) in [7, 11) is 1.49. The van der Waals surface area contributed by atoms with Crippen LogP contribution in [0, 0.1) is 14.1 Å². The van der Waals surface area contributed by atoms with Gasteiger partial charge in [-0.3, -0.25) is 0 Å². The van der Waals surface area contributed by atoms with Crippen LogP contribution in [0.2, 0.25) is 0 Å². The van der Waals surface area contributed by atoms with Gasteiger partial charge in [0.2, 0.25) is 5.90 Å². The molecule has 0 aromatic heterocycles. The number of hydrogen-bond acceptors (Lipinski definition) is 6. The molecule has 1 heterocycles. The average Bonchev–Trinajstić information content (AvgIpc) is 3.17. The van der Waals surface area contributed by atoms with Crippen LogP contribution in [-0.4, -0.2) is 24.9 Å². The first-order valence-electron chi connectivity index (χ1n) is 9.90. The first-order chi connectivity index (χ1) is 16.3. The summed E-state index contributed by atoms with van der Waals surface area (Å²) < 4.78 is 19.1. The zero-order valence-electron chi connectivity index (χ0n) is 17.9. The van der Waals surface area contributed by atoms with Gasteiger partial charge in [-0.2, -0.15) is 0 Å². The van der Waals surface area contributed by atoms with Crippen molar-refractivity contribution in [3.8, 4) is 11.5 Å². The number of esters is 2. The van der Waals surface area contributed by atoms with Crippen LogP contribution in [-0.2, 0) is 9.53 Å². The molecule has 0 unspecified atom stereocenters. The normalized spacial score (nSPS) is 14.1. The van der Waals surface area contributed by atoms with Crippen LogP contribution in [0.5, 0.6) is 11.5 Å². The molecule has 3 aromatic rings. The Kier molecular flexibility index (Phi) is 7.73. The molecule has 0 aliphatic carbocycles. The Labute approximate surface area is 231 Å². The Morgan fingerprint density at radius 3 is 2.56 bits per heavy atom. The molecular formula is C25H16BrI2NO5. The molecular weight excluding hydrogens is 728 g/mol. The van der Waals surface area contributed by atoms with Crippen molar-refractivity contribution in [1.29, 1.82) is 0 Å². The second kappa shape index (κ2) is 10.6. The lowest BCUT2D eigenvalue weighted by Crippen LogP contribution is -2.11. The predicted octanol–water partition coefficient (Wildman–Crippen LogP) is 6.54. The maximum Gasteiger partial charge on any atom is 0.363 e. The van der Waals surface area contributed by atoms with Crippen LogP contribution in [0.1, 0.15) is 27.0 Å². The number of aryl methyl sites for hydroxylation is 1. The standard InChI is InChI=1S/C25H16BrI2NO5/c1-13-5-3-4-6-16(13)24(30)33-22-19(28)9-14(11-21(22)32-2)10-20-25(31)34-23(29-20)15-7-8-18(27)17(26)12-15/h3-12H,1-2H3/b20-10-. The van der Waals surface area contributed by atoms with Crippen molar-refractivity contribution < 1.29 is 23.8 Å². The molecule has 0 fully saturated rings. The predicted molar refractivity (Wildman–Crippen MR) is 149 cm³/mol. The second-order valence-corrected chi connectivity index (χ2v) is 10.4. The largest absolute Gasteiger partial charge is 0.493 e. The molecule has 1 aliphatic heterocycles. The van der Waals surface area contributed by atoms with Crippen molar-refractivity contribution in [2.75, 3.05) is 7.11 Å². The summed E-state index contributed by atoms with van der Waals surface area (Å²) in [6.07, 6.45) is 1.61. The number of benzene rings is 3. The van der Waals surface area contributed by atoms with E-state index in [0.29, 0.717) is 31.8 Å². The van der Waals surface area contributed by atoms with Gasteiger partial charge in [-0.15, -0.1) is 0 Å². The topological polar surface area (TPSA) is 74.2 Å². The summed E-state index contributed by atoms with van der Waals surface area (Å²) in [6, 6.07) is 16.2. The van der Waals surface area contributed by atoms with Crippen LogP contribution in [0.3, 0.4) is 0 Å². The van der Waals surface area contributed by atoms with Crippen molar-refractivity contribution >= 4 is 85.0 Å². The third kappa shape index (κ3) is 5.36. The van der Waals surface area contributed by atoms with Gasteiger partial charge in [0.25, 0.3) is 0 Å². The van der Waals surface area contributed by atoms with Crippen molar-refractivity contribution in [2.24, 2.45) is 4.99 Å². The van der Waals surface area contributed by atoms with E-state index >= 15 is 0 Å². The van der Waals surface area contributed by atoms with Gasteiger partial charge in [0.15, 0.2) is 17.2 Å². The molecule has 0 spiro atoms. The van der Waals surface area contributed by atoms with E-state index in [0.717, 1.165) is 13.6 Å². The van der Waals surface area contributed by atoms with Crippen LogP contribution in [0.15, 0.2) is 69.8 Å². The minimum atomic E-state index is -0.547. The molecule has 9 heteroatoms. The molecule has 0 bridgehead atoms. The van der Waals surface area contributed by atoms with Crippen LogP contribution < -0.4 is 9.47 Å². The lowest BCUT2D eigenvalue weighted by Gasteiger charge is -2.13. The minimum absolute atomic E-state index is 0.159. The average molecular weight is 744 g/mol. The number of carbonyl (C=O) groups excluding carboxylic acids is 2. The van der Waals surface area contributed by atoms with Crippen molar-refractivity contribution in [2.45, 2.75) is 6.92 Å². The fourth-order valence-corrected chi connectivity index (χ4v) is 4.64. The molecule has 34 heavy (non-hydrogen) atoms. The van der Waals surface area contributed by atoms with Crippen LogP contribution in [0.4, 0.5) is 0 Å². The van der Waals surface area contributed by atoms with E-state index in [4.69, 9.17) is 14.2 Å². The molecule has 172 valence electrons. The lowest BCUT2D eigenvalue weighted by molar-refractivity contribution is -0.129. The SMILES string of the molecule is COc1cc(/C=C2\N=C(c3ccc(I)c(Br)c3)OC2=O)cc(I)c1OC(=O)c1ccccc1C. The van der Waals surface area contributed by atoms with Crippen molar-refractivity contribution in [1.82, 2.24) is 0 Å². The third-order valence-electron chi connectivity index (χ3n) is 4.90. The summed E-state index contributed by atoms with van der Waals surface area (Å²) in [5, 5.41) is 0. The van der Waals surface area contributed by atoms with Gasteiger partial charge >= 0.3 is 11.9 Å². The minimum Gasteiger partial charge on any atom is -0.493 e. The Morgan fingerprint density at radius 2 is 1.85 bits per heavy atom. The number of aliphatic imine (C=N–C) groups is 1. The Hall–Kier alpha value is -2.25. The van der Waals surface area contributed by atoms with Gasteiger partial charge in [0.1, 0.15) is 0 Å². The summed E-state index contributed by atoms with van der Waals surface area (Å²) in [6.45, 7) is 1.85. The highest BCUT2D eigenvalue weighted by atomic mass is 127. The number of hydrogen-bond donors (Lipinski definition) is 0. The summed E-state index contributed by atoms with van der Waals surface area (Å²) in [5.74, 6) is -0.122. The van der Waals surface area contributed by atoms with Crippen LogP contribution >= 0.6 is 61.1 Å². The fourth-order valence-electron chi connectivity index (χ4n) is 3.19. The van der Waals surface area contributed by atoms with Gasteiger partial charge < -0.3 is 14.2 Å². The fraction of sp³-hybridized carbons (Fsp3) is 0.0800. The van der Waals surface area contributed by atoms with E-state index in [9.17, 15) is 9.59 Å². The van der Waals surface area contributed by atoms with Crippen molar-refractivity contribution in [3.05, 3.63) is 94.2 Å². The maximum absolute atomic E-state index is 12.7. The monoisotopic (exact) mass is 743 g/mol. The lowest BCUT2D eigenvalue weighted by atomic mass is 10.1. The highest BCUT2D eigenvalue weighted by Gasteiger charge is 2.25. The first kappa shape index (κ1) is 24.9. The third-order valence-corrected chi connectivity index (χ3v) is 8.04. The zero-order valence-corrected chi connectivity index (χ0v) is 23.8. The number of halogens is 3. The number of ether oxygens (including phenoxy) is 3. The molecule has 0 amide bonds. The van der Waals surface area contributed by atoms with E-state index in [2.05, 4.69) is 66.1 Å². The Bertz CT molecular complexity index is 1380. The number of carbonyl (C=O) groups is 2. The van der Waals surface area contributed by atoms with Gasteiger partial charge in [-0.1, -0.05) is 18.2 Å². The molecule has 0 N–H and O–H groups in total. The molecule has 1 aliphatic rings. The Morgan fingerprint density at radius 1 is 1.09 bits per heavy atom. The number of nitrogens with zero attached hydrogens (tertiary/aromatic N) is 1. The first-order valence-corrected chi connectivity index (χ1v) is 12.8. The molecule has 6 nitrogen and oxygen atoms in total. The summed E-state index contributed by atoms with van der Waals surface area (Å²) in [4.78, 5) is 29.5. The van der Waals surface area contributed by atoms with Gasteiger partial charge in [-0.05, 0) is 122 Å². The maximum atomic E-state index is 12.7. The van der Waals surface area contributed by atoms with Gasteiger partial charge in [-0.25, -0.2) is 14.6 Å². The summed E-state index contributed by atoms with van der Waals surface area (Å²) >= 11 is 7.74. The van der Waals surface area contributed by atoms with Crippen molar-refractivity contribution in [3.63, 3.8) is 0 Å². The van der Waals surface area contributed by atoms with E-state index in [1.165, 1.54) is 7.11 Å². The molecule has 3 aromatic carbocycles. The number of rotatable bonds is 5. The summed E-state index contributed by atoms with van der Waals surface area (Å²) in [5.41, 5.74) is 2.79. The highest BCUT2D eigenvalue weighted by Crippen LogP contribution is 2.36. The quantitative estimate of drug-likeness (QED) is 0.129. The number of methoxy groups -OCH3 is 1. The van der Waals surface area contributed by atoms with Gasteiger partial charge in [0.05, 0.1) is 16.2 Å². The molecule has 0 atom stereocenters.